The molecular formula is C18H17ClN4O. The molecule has 24 heavy (non-hydrogen) atoms. The minimum atomic E-state index is -0.168. The van der Waals surface area contributed by atoms with Gasteiger partial charge in [0.1, 0.15) is 5.82 Å². The molecule has 0 spiro atoms. The van der Waals surface area contributed by atoms with E-state index in [0.717, 1.165) is 16.8 Å². The first kappa shape index (κ1) is 16.2. The van der Waals surface area contributed by atoms with Crippen molar-refractivity contribution >= 4 is 23.3 Å². The van der Waals surface area contributed by atoms with E-state index >= 15 is 0 Å². The number of amides is 1. The summed E-state index contributed by atoms with van der Waals surface area (Å²) in [5, 5.41) is 10.6. The maximum absolute atomic E-state index is 12.3. The van der Waals surface area contributed by atoms with E-state index in [1.807, 2.05) is 49.4 Å². The van der Waals surface area contributed by atoms with Gasteiger partial charge >= 0.3 is 0 Å². The Hall–Kier alpha value is -2.66. The second kappa shape index (κ2) is 7.27. The van der Waals surface area contributed by atoms with Gasteiger partial charge in [0.2, 0.25) is 5.91 Å². The van der Waals surface area contributed by atoms with Crippen molar-refractivity contribution in [2.24, 2.45) is 5.92 Å². The third kappa shape index (κ3) is 4.00. The number of aromatic nitrogens is 3. The molecule has 1 amide bonds. The van der Waals surface area contributed by atoms with Gasteiger partial charge in [0.15, 0.2) is 0 Å². The molecule has 5 nitrogen and oxygen atoms in total. The van der Waals surface area contributed by atoms with Crippen molar-refractivity contribution < 1.29 is 4.79 Å². The quantitative estimate of drug-likeness (QED) is 0.739. The second-order valence-electron chi connectivity index (χ2n) is 5.62. The number of rotatable bonds is 5. The predicted molar refractivity (Wildman–Crippen MR) is 94.8 cm³/mol. The van der Waals surface area contributed by atoms with Crippen LogP contribution in [0.3, 0.4) is 0 Å². The molecule has 0 saturated heterocycles. The van der Waals surface area contributed by atoms with Crippen molar-refractivity contribution in [3.63, 3.8) is 0 Å². The Morgan fingerprint density at radius 2 is 1.92 bits per heavy atom. The molecule has 1 aromatic carbocycles. The molecule has 0 aliphatic carbocycles. The largest absolute Gasteiger partial charge is 0.311 e. The lowest BCUT2D eigenvalue weighted by Crippen LogP contribution is -2.22. The Bertz CT molecular complexity index is 815. The molecule has 2 heterocycles. The first-order valence-electron chi connectivity index (χ1n) is 7.63. The maximum atomic E-state index is 12.3. The number of anilines is 1. The van der Waals surface area contributed by atoms with Crippen molar-refractivity contribution in [3.8, 4) is 11.3 Å². The van der Waals surface area contributed by atoms with Crippen LogP contribution in [0.4, 0.5) is 5.82 Å². The molecule has 3 aromatic rings. The summed E-state index contributed by atoms with van der Waals surface area (Å²) >= 11 is 5.88. The van der Waals surface area contributed by atoms with Crippen molar-refractivity contribution in [3.05, 3.63) is 65.4 Å². The number of hydrogen-bond donors (Lipinski definition) is 2. The molecular weight excluding hydrogens is 324 g/mol. The summed E-state index contributed by atoms with van der Waals surface area (Å²) in [4.78, 5) is 16.3. The first-order chi connectivity index (χ1) is 11.6. The Balaban J connectivity index is 1.62. The lowest BCUT2D eigenvalue weighted by atomic mass is 10.0. The van der Waals surface area contributed by atoms with Crippen molar-refractivity contribution in [1.82, 2.24) is 15.2 Å². The summed E-state index contributed by atoms with van der Waals surface area (Å²) in [7, 11) is 0. The fourth-order valence-electron chi connectivity index (χ4n) is 2.38. The Labute approximate surface area is 145 Å². The molecule has 2 aromatic heterocycles. The van der Waals surface area contributed by atoms with Gasteiger partial charge in [0.05, 0.1) is 5.69 Å². The molecule has 0 fully saturated rings. The molecule has 122 valence electrons. The van der Waals surface area contributed by atoms with Gasteiger partial charge in [-0.05, 0) is 36.2 Å². The van der Waals surface area contributed by atoms with E-state index in [2.05, 4.69) is 20.5 Å². The van der Waals surface area contributed by atoms with Gasteiger partial charge in [-0.3, -0.25) is 14.9 Å². The molecule has 0 bridgehead atoms. The molecule has 0 radical (unpaired) electrons. The summed E-state index contributed by atoms with van der Waals surface area (Å²) in [6.07, 6.45) is 4.06. The molecule has 0 saturated carbocycles. The van der Waals surface area contributed by atoms with Gasteiger partial charge in [-0.25, -0.2) is 0 Å². The SMILES string of the molecule is C[C@@H](Cc1ccc(Cl)cc1)C(=O)Nc1cc(-c2ccncc2)n[nH]1. The zero-order valence-corrected chi connectivity index (χ0v) is 13.9. The molecule has 0 aliphatic rings. The fourth-order valence-corrected chi connectivity index (χ4v) is 2.50. The van der Waals surface area contributed by atoms with Gasteiger partial charge in [-0.1, -0.05) is 30.7 Å². The first-order valence-corrected chi connectivity index (χ1v) is 8.01. The molecule has 6 heteroatoms. The van der Waals surface area contributed by atoms with Crippen LogP contribution in [0.1, 0.15) is 12.5 Å². The number of aromatic amines is 1. The normalized spacial score (nSPS) is 11.9. The lowest BCUT2D eigenvalue weighted by Gasteiger charge is -2.11. The zero-order chi connectivity index (χ0) is 16.9. The lowest BCUT2D eigenvalue weighted by molar-refractivity contribution is -0.119. The fraction of sp³-hybridized carbons (Fsp3) is 0.167. The van der Waals surface area contributed by atoms with Crippen molar-refractivity contribution in [2.75, 3.05) is 5.32 Å². The van der Waals surface area contributed by atoms with Crippen LogP contribution in [-0.2, 0) is 11.2 Å². The molecule has 1 atom stereocenters. The van der Waals surface area contributed by atoms with Crippen LogP contribution in [0.25, 0.3) is 11.3 Å². The van der Waals surface area contributed by atoms with E-state index in [1.54, 1.807) is 12.4 Å². The highest BCUT2D eigenvalue weighted by Crippen LogP contribution is 2.19. The van der Waals surface area contributed by atoms with Crippen LogP contribution in [0, 0.1) is 5.92 Å². The maximum Gasteiger partial charge on any atom is 0.228 e. The van der Waals surface area contributed by atoms with Gasteiger partial charge < -0.3 is 5.32 Å². The highest BCUT2D eigenvalue weighted by molar-refractivity contribution is 6.30. The van der Waals surface area contributed by atoms with Gasteiger partial charge in [-0.15, -0.1) is 0 Å². The van der Waals surface area contributed by atoms with Crippen LogP contribution < -0.4 is 5.32 Å². The Kier molecular flexibility index (Phi) is 4.91. The summed E-state index contributed by atoms with van der Waals surface area (Å²) in [6, 6.07) is 13.1. The minimum Gasteiger partial charge on any atom is -0.311 e. The van der Waals surface area contributed by atoms with Crippen molar-refractivity contribution in [1.29, 1.82) is 0 Å². The average Bonchev–Trinajstić information content (AvgIpc) is 3.06. The second-order valence-corrected chi connectivity index (χ2v) is 6.06. The zero-order valence-electron chi connectivity index (χ0n) is 13.2. The van der Waals surface area contributed by atoms with Crippen LogP contribution in [-0.4, -0.2) is 21.1 Å². The number of pyridine rings is 1. The number of hydrogen-bond acceptors (Lipinski definition) is 3. The van der Waals surface area contributed by atoms with Gasteiger partial charge in [-0.2, -0.15) is 5.10 Å². The van der Waals surface area contributed by atoms with Crippen LogP contribution in [0.15, 0.2) is 54.9 Å². The van der Waals surface area contributed by atoms with E-state index < -0.39 is 0 Å². The van der Waals surface area contributed by atoms with Crippen LogP contribution in [0.2, 0.25) is 5.02 Å². The van der Waals surface area contributed by atoms with Crippen LogP contribution in [0.5, 0.6) is 0 Å². The van der Waals surface area contributed by atoms with Gasteiger partial charge in [0, 0.05) is 35.0 Å². The topological polar surface area (TPSA) is 70.7 Å². The molecule has 2 N–H and O–H groups in total. The number of H-pyrrole nitrogens is 1. The van der Waals surface area contributed by atoms with Gasteiger partial charge in [0.25, 0.3) is 0 Å². The third-order valence-electron chi connectivity index (χ3n) is 3.71. The van der Waals surface area contributed by atoms with Crippen molar-refractivity contribution in [2.45, 2.75) is 13.3 Å². The number of carbonyl (C=O) groups is 1. The smallest absolute Gasteiger partial charge is 0.228 e. The van der Waals surface area contributed by atoms with E-state index in [4.69, 9.17) is 11.6 Å². The highest BCUT2D eigenvalue weighted by Gasteiger charge is 2.15. The number of halogens is 1. The minimum absolute atomic E-state index is 0.0603. The number of benzene rings is 1. The summed E-state index contributed by atoms with van der Waals surface area (Å²) in [6.45, 7) is 1.89. The Morgan fingerprint density at radius 3 is 2.62 bits per heavy atom. The number of nitrogens with one attached hydrogen (secondary N) is 2. The molecule has 0 unspecified atom stereocenters. The third-order valence-corrected chi connectivity index (χ3v) is 3.97. The average molecular weight is 341 g/mol. The monoisotopic (exact) mass is 340 g/mol. The summed E-state index contributed by atoms with van der Waals surface area (Å²) < 4.78 is 0. The van der Waals surface area contributed by atoms with E-state index in [1.165, 1.54) is 0 Å². The van der Waals surface area contributed by atoms with E-state index in [-0.39, 0.29) is 11.8 Å². The predicted octanol–water partition coefficient (Wildman–Crippen LogP) is 3.94. The highest BCUT2D eigenvalue weighted by atomic mass is 35.5. The molecule has 3 rings (SSSR count). The van der Waals surface area contributed by atoms with E-state index in [0.29, 0.717) is 17.3 Å². The van der Waals surface area contributed by atoms with Crippen LogP contribution >= 0.6 is 11.6 Å². The standard InChI is InChI=1S/C18H17ClN4O/c1-12(10-13-2-4-15(19)5-3-13)18(24)21-17-11-16(22-23-17)14-6-8-20-9-7-14/h2-9,11-12H,10H2,1H3,(H2,21,22,23,24)/t12-/m0/s1. The number of carbonyl (C=O) groups excluding carboxylic acids is 1. The summed E-state index contributed by atoms with van der Waals surface area (Å²) in [5.41, 5.74) is 2.78. The number of nitrogens with zero attached hydrogens (tertiary/aromatic N) is 2. The van der Waals surface area contributed by atoms with E-state index in [9.17, 15) is 4.79 Å². The molecule has 0 aliphatic heterocycles. The Morgan fingerprint density at radius 1 is 1.21 bits per heavy atom. The summed E-state index contributed by atoms with van der Waals surface area (Å²) in [5.74, 6) is 0.350.